The highest BCUT2D eigenvalue weighted by molar-refractivity contribution is 8.16. The fourth-order valence-corrected chi connectivity index (χ4v) is 7.03. The summed E-state index contributed by atoms with van der Waals surface area (Å²) in [6, 6.07) is 5.08. The molecular formula is C14H13ClN2O5S2. The number of carbonyl (C=O) groups is 1. The van der Waals surface area contributed by atoms with Crippen molar-refractivity contribution in [1.82, 2.24) is 0 Å². The Kier molecular flexibility index (Phi) is 3.89. The molecular weight excluding hydrogens is 376 g/mol. The first kappa shape index (κ1) is 16.0. The predicted molar refractivity (Wildman–Crippen MR) is 92.0 cm³/mol. The van der Waals surface area contributed by atoms with E-state index in [-0.39, 0.29) is 35.5 Å². The van der Waals surface area contributed by atoms with Crippen molar-refractivity contribution in [2.75, 3.05) is 29.1 Å². The second-order valence-electron chi connectivity index (χ2n) is 5.63. The van der Waals surface area contributed by atoms with Gasteiger partial charge in [0, 0.05) is 17.0 Å². The van der Waals surface area contributed by atoms with Crippen molar-refractivity contribution < 1.29 is 22.7 Å². The van der Waals surface area contributed by atoms with Gasteiger partial charge in [-0.25, -0.2) is 8.42 Å². The van der Waals surface area contributed by atoms with Crippen LogP contribution in [0.15, 0.2) is 23.2 Å². The van der Waals surface area contributed by atoms with Crippen LogP contribution in [0.2, 0.25) is 0 Å². The van der Waals surface area contributed by atoms with Gasteiger partial charge < -0.3 is 14.4 Å². The number of thioether (sulfide) groups is 1. The van der Waals surface area contributed by atoms with Crippen molar-refractivity contribution in [1.29, 1.82) is 0 Å². The summed E-state index contributed by atoms with van der Waals surface area (Å²) in [6.07, 6.45) is 0. The van der Waals surface area contributed by atoms with Crippen LogP contribution in [0.25, 0.3) is 0 Å². The zero-order valence-electron chi connectivity index (χ0n) is 12.3. The van der Waals surface area contributed by atoms with E-state index in [1.807, 2.05) is 6.07 Å². The van der Waals surface area contributed by atoms with Gasteiger partial charge in [-0.05, 0) is 12.1 Å². The van der Waals surface area contributed by atoms with Crippen LogP contribution in [-0.2, 0) is 14.6 Å². The van der Waals surface area contributed by atoms with E-state index in [4.69, 9.17) is 21.1 Å². The Hall–Kier alpha value is -1.45. The van der Waals surface area contributed by atoms with Gasteiger partial charge in [0.1, 0.15) is 5.88 Å². The van der Waals surface area contributed by atoms with Crippen LogP contribution in [0, 0.1) is 0 Å². The summed E-state index contributed by atoms with van der Waals surface area (Å²) in [5.74, 6) is 0.672. The smallest absolute Gasteiger partial charge is 0.262 e. The number of hydrogen-bond donors (Lipinski definition) is 0. The molecule has 0 bridgehead atoms. The summed E-state index contributed by atoms with van der Waals surface area (Å²) < 4.78 is 34.6. The first-order valence-corrected chi connectivity index (χ1v) is 10.4. The quantitative estimate of drug-likeness (QED) is 0.705. The van der Waals surface area contributed by atoms with E-state index in [2.05, 4.69) is 4.99 Å². The Morgan fingerprint density at radius 2 is 2.12 bits per heavy atom. The number of ether oxygens (including phenoxy) is 2. The third kappa shape index (κ3) is 2.74. The van der Waals surface area contributed by atoms with Crippen LogP contribution >= 0.6 is 23.4 Å². The number of carbonyl (C=O) groups excluding carboxylic acids is 1. The van der Waals surface area contributed by atoms with Crippen molar-refractivity contribution in [3.8, 4) is 11.5 Å². The number of anilines is 1. The number of rotatable bonds is 2. The molecule has 0 aromatic heterocycles. The van der Waals surface area contributed by atoms with Crippen LogP contribution in [-0.4, -0.2) is 55.0 Å². The van der Waals surface area contributed by atoms with Crippen LogP contribution < -0.4 is 14.4 Å². The summed E-state index contributed by atoms with van der Waals surface area (Å²) in [6.45, 7) is 0.152. The monoisotopic (exact) mass is 388 g/mol. The summed E-state index contributed by atoms with van der Waals surface area (Å²) in [4.78, 5) is 17.5. The van der Waals surface area contributed by atoms with Crippen molar-refractivity contribution in [2.24, 2.45) is 4.99 Å². The molecule has 7 nitrogen and oxygen atoms in total. The highest BCUT2D eigenvalue weighted by atomic mass is 35.5. The van der Waals surface area contributed by atoms with Crippen molar-refractivity contribution in [3.63, 3.8) is 0 Å². The van der Waals surface area contributed by atoms with Gasteiger partial charge in [-0.15, -0.1) is 11.6 Å². The molecule has 3 aliphatic rings. The lowest BCUT2D eigenvalue weighted by atomic mass is 10.2. The standard InChI is InChI=1S/C14H13ClN2O5S2/c15-4-13(18)16-14-17(9-5-24(19,20)6-12(9)23-14)8-1-2-10-11(3-8)22-7-21-10/h1-3,9,12H,4-7H2/t9-,12+/m1/s1. The highest BCUT2D eigenvalue weighted by Gasteiger charge is 2.49. The largest absolute Gasteiger partial charge is 0.454 e. The van der Waals surface area contributed by atoms with Crippen LogP contribution in [0.4, 0.5) is 5.69 Å². The van der Waals surface area contributed by atoms with Gasteiger partial charge in [-0.1, -0.05) is 11.8 Å². The number of aliphatic imine (C=N–C) groups is 1. The van der Waals surface area contributed by atoms with E-state index >= 15 is 0 Å². The van der Waals surface area contributed by atoms with Crippen molar-refractivity contribution >= 4 is 50.0 Å². The third-order valence-electron chi connectivity index (χ3n) is 4.04. The third-order valence-corrected chi connectivity index (χ3v) is 7.47. The second-order valence-corrected chi connectivity index (χ2v) is 9.26. The molecule has 2 fully saturated rings. The van der Waals surface area contributed by atoms with Gasteiger partial charge in [0.2, 0.25) is 6.79 Å². The lowest BCUT2D eigenvalue weighted by Gasteiger charge is -2.24. The first-order chi connectivity index (χ1) is 11.5. The van der Waals surface area contributed by atoms with E-state index < -0.39 is 15.7 Å². The molecule has 1 aromatic rings. The molecule has 2 atom stereocenters. The molecule has 2 saturated heterocycles. The minimum atomic E-state index is -3.10. The minimum Gasteiger partial charge on any atom is -0.454 e. The Morgan fingerprint density at radius 1 is 1.33 bits per heavy atom. The van der Waals surface area contributed by atoms with E-state index in [1.54, 1.807) is 17.0 Å². The van der Waals surface area contributed by atoms with E-state index in [9.17, 15) is 13.2 Å². The molecule has 0 unspecified atom stereocenters. The maximum Gasteiger partial charge on any atom is 0.262 e. The van der Waals surface area contributed by atoms with Gasteiger partial charge in [0.15, 0.2) is 26.5 Å². The fraction of sp³-hybridized carbons (Fsp3) is 0.429. The van der Waals surface area contributed by atoms with Crippen molar-refractivity contribution in [2.45, 2.75) is 11.3 Å². The maximum atomic E-state index is 12.0. The lowest BCUT2D eigenvalue weighted by Crippen LogP contribution is -2.37. The molecule has 128 valence electrons. The normalized spacial score (nSPS) is 28.4. The molecule has 3 aliphatic heterocycles. The maximum absolute atomic E-state index is 12.0. The summed E-state index contributed by atoms with van der Waals surface area (Å²) >= 11 is 6.86. The van der Waals surface area contributed by atoms with Gasteiger partial charge in [0.05, 0.1) is 17.5 Å². The summed E-state index contributed by atoms with van der Waals surface area (Å²) in [5.41, 5.74) is 0.720. The molecule has 0 saturated carbocycles. The van der Waals surface area contributed by atoms with Crippen LogP contribution in [0.1, 0.15) is 0 Å². The molecule has 0 aliphatic carbocycles. The molecule has 0 radical (unpaired) electrons. The average molecular weight is 389 g/mol. The Morgan fingerprint density at radius 3 is 2.92 bits per heavy atom. The van der Waals surface area contributed by atoms with Gasteiger partial charge in [-0.3, -0.25) is 4.79 Å². The van der Waals surface area contributed by atoms with Gasteiger partial charge >= 0.3 is 0 Å². The SMILES string of the molecule is O=C(CCl)N=C1S[C@H]2CS(=O)(=O)C[C@H]2N1c1ccc2c(c1)OCO2. The predicted octanol–water partition coefficient (Wildman–Crippen LogP) is 1.26. The van der Waals surface area contributed by atoms with E-state index in [1.165, 1.54) is 11.8 Å². The topological polar surface area (TPSA) is 85.3 Å². The van der Waals surface area contributed by atoms with E-state index in [0.29, 0.717) is 16.7 Å². The number of alkyl halides is 1. The second kappa shape index (κ2) is 5.82. The molecule has 1 amide bonds. The molecule has 0 N–H and O–H groups in total. The average Bonchev–Trinajstić information content (AvgIpc) is 3.18. The molecule has 0 spiro atoms. The molecule has 3 heterocycles. The minimum absolute atomic E-state index is 0.0349. The Labute approximate surface area is 147 Å². The number of benzene rings is 1. The highest BCUT2D eigenvalue weighted by Crippen LogP contribution is 2.43. The zero-order valence-corrected chi connectivity index (χ0v) is 14.7. The first-order valence-electron chi connectivity index (χ1n) is 7.20. The number of hydrogen-bond acceptors (Lipinski definition) is 6. The van der Waals surface area contributed by atoms with E-state index in [0.717, 1.165) is 5.69 Å². The Bertz CT molecular complexity index is 842. The van der Waals surface area contributed by atoms with Crippen molar-refractivity contribution in [3.05, 3.63) is 18.2 Å². The fourth-order valence-electron chi connectivity index (χ4n) is 3.04. The number of halogens is 1. The summed E-state index contributed by atoms with van der Waals surface area (Å²) in [5, 5.41) is 0.326. The van der Waals surface area contributed by atoms with Gasteiger partial charge in [0.25, 0.3) is 5.91 Å². The number of nitrogens with zero attached hydrogens (tertiary/aromatic N) is 2. The summed E-state index contributed by atoms with van der Waals surface area (Å²) in [7, 11) is -3.10. The molecule has 10 heteroatoms. The van der Waals surface area contributed by atoms with Gasteiger partial charge in [-0.2, -0.15) is 4.99 Å². The number of sulfone groups is 1. The van der Waals surface area contributed by atoms with Crippen LogP contribution in [0.5, 0.6) is 11.5 Å². The zero-order chi connectivity index (χ0) is 16.9. The molecule has 24 heavy (non-hydrogen) atoms. The number of amidine groups is 1. The number of amides is 1. The van der Waals surface area contributed by atoms with Crippen LogP contribution in [0.3, 0.4) is 0 Å². The lowest BCUT2D eigenvalue weighted by molar-refractivity contribution is -0.115. The molecule has 4 rings (SSSR count). The Balaban J connectivity index is 1.75. The molecule has 1 aromatic carbocycles. The number of fused-ring (bicyclic) bond motifs is 2.